The molecule has 1 saturated heterocycles. The monoisotopic (exact) mass is 398 g/mol. The molecule has 5 heteroatoms. The van der Waals surface area contributed by atoms with Crippen molar-refractivity contribution in [2.45, 2.75) is 20.3 Å². The van der Waals surface area contributed by atoms with Crippen molar-refractivity contribution in [3.63, 3.8) is 0 Å². The van der Waals surface area contributed by atoms with Gasteiger partial charge in [-0.25, -0.2) is 0 Å². The topological polar surface area (TPSA) is 62.6 Å². The molecule has 1 aliphatic rings. The first-order chi connectivity index (χ1) is 14.5. The smallest absolute Gasteiger partial charge is 0.229 e. The third-order valence-corrected chi connectivity index (χ3v) is 5.79. The average Bonchev–Trinajstić information content (AvgIpc) is 3.28. The number of carbonyl (C=O) groups is 2. The van der Waals surface area contributed by atoms with Crippen LogP contribution in [0, 0.1) is 19.8 Å². The number of anilines is 2. The number of hydrogen-bond donors (Lipinski definition) is 1. The summed E-state index contributed by atoms with van der Waals surface area (Å²) in [5, 5.41) is 5.03. The predicted molar refractivity (Wildman–Crippen MR) is 119 cm³/mol. The van der Waals surface area contributed by atoms with Gasteiger partial charge in [-0.3, -0.25) is 9.59 Å². The van der Waals surface area contributed by atoms with Crippen molar-refractivity contribution in [1.29, 1.82) is 0 Å². The van der Waals surface area contributed by atoms with Gasteiger partial charge in [0.1, 0.15) is 11.2 Å². The first-order valence-corrected chi connectivity index (χ1v) is 10.1. The summed E-state index contributed by atoms with van der Waals surface area (Å²) in [6.45, 7) is 4.41. The van der Waals surface area contributed by atoms with Gasteiger partial charge in [-0.05, 0) is 43.7 Å². The van der Waals surface area contributed by atoms with Crippen LogP contribution in [0.15, 0.2) is 65.1 Å². The molecule has 30 heavy (non-hydrogen) atoms. The number of benzene rings is 3. The number of nitrogens with one attached hydrogen (secondary N) is 1. The van der Waals surface area contributed by atoms with Crippen LogP contribution in [-0.2, 0) is 9.59 Å². The maximum Gasteiger partial charge on any atom is 0.229 e. The summed E-state index contributed by atoms with van der Waals surface area (Å²) in [6, 6.07) is 19.5. The van der Waals surface area contributed by atoms with Crippen molar-refractivity contribution >= 4 is 45.1 Å². The number of carbonyl (C=O) groups excluding carboxylic acids is 2. The van der Waals surface area contributed by atoms with Gasteiger partial charge >= 0.3 is 0 Å². The van der Waals surface area contributed by atoms with E-state index in [1.165, 1.54) is 0 Å². The van der Waals surface area contributed by atoms with Gasteiger partial charge in [-0.1, -0.05) is 35.9 Å². The molecule has 1 atom stereocenters. The molecule has 150 valence electrons. The van der Waals surface area contributed by atoms with E-state index in [4.69, 9.17) is 4.42 Å². The first kappa shape index (κ1) is 18.4. The van der Waals surface area contributed by atoms with Gasteiger partial charge in [0.25, 0.3) is 0 Å². The number of nitrogens with zero attached hydrogens (tertiary/aromatic N) is 1. The molecule has 0 spiro atoms. The van der Waals surface area contributed by atoms with E-state index < -0.39 is 0 Å². The first-order valence-electron chi connectivity index (χ1n) is 10.1. The lowest BCUT2D eigenvalue weighted by atomic mass is 10.1. The highest BCUT2D eigenvalue weighted by atomic mass is 16.3. The van der Waals surface area contributed by atoms with E-state index in [9.17, 15) is 9.59 Å². The molecular formula is C25H22N2O3. The van der Waals surface area contributed by atoms with Gasteiger partial charge in [0.05, 0.1) is 5.92 Å². The normalized spacial score (nSPS) is 16.5. The minimum atomic E-state index is -0.385. The van der Waals surface area contributed by atoms with E-state index >= 15 is 0 Å². The standard InChI is InChI=1S/C25H22N2O3/c1-15-7-10-21(16(2)11-15)27-14-17(12-24(27)28)25(29)26-18-8-9-20-19-5-3-4-6-22(19)30-23(20)13-18/h3-11,13,17H,12,14H2,1-2H3,(H,26,29)/t17-/m1/s1. The Bertz CT molecular complexity index is 1300. The molecule has 0 bridgehead atoms. The van der Waals surface area contributed by atoms with Crippen LogP contribution in [0.4, 0.5) is 11.4 Å². The molecule has 1 aliphatic heterocycles. The van der Waals surface area contributed by atoms with E-state index in [0.29, 0.717) is 12.2 Å². The van der Waals surface area contributed by atoms with Crippen LogP contribution in [0.1, 0.15) is 17.5 Å². The summed E-state index contributed by atoms with van der Waals surface area (Å²) < 4.78 is 5.90. The van der Waals surface area contributed by atoms with Crippen LogP contribution in [0.2, 0.25) is 0 Å². The molecule has 2 amide bonds. The fourth-order valence-electron chi connectivity index (χ4n) is 4.27. The Morgan fingerprint density at radius 3 is 2.63 bits per heavy atom. The van der Waals surface area contributed by atoms with Crippen molar-refractivity contribution < 1.29 is 14.0 Å². The quantitative estimate of drug-likeness (QED) is 0.516. The summed E-state index contributed by atoms with van der Waals surface area (Å²) in [4.78, 5) is 27.2. The Hall–Kier alpha value is -3.60. The third-order valence-electron chi connectivity index (χ3n) is 5.79. The fourth-order valence-corrected chi connectivity index (χ4v) is 4.27. The minimum Gasteiger partial charge on any atom is -0.456 e. The Balaban J connectivity index is 1.35. The van der Waals surface area contributed by atoms with E-state index in [2.05, 4.69) is 11.4 Å². The van der Waals surface area contributed by atoms with Crippen molar-refractivity contribution in [2.75, 3.05) is 16.8 Å². The summed E-state index contributed by atoms with van der Waals surface area (Å²) in [6.07, 6.45) is 0.214. The van der Waals surface area contributed by atoms with Crippen molar-refractivity contribution in [1.82, 2.24) is 0 Å². The number of hydrogen-bond acceptors (Lipinski definition) is 3. The van der Waals surface area contributed by atoms with Crippen LogP contribution in [-0.4, -0.2) is 18.4 Å². The fraction of sp³-hybridized carbons (Fsp3) is 0.200. The molecule has 2 heterocycles. The highest BCUT2D eigenvalue weighted by molar-refractivity contribution is 6.07. The Labute approximate surface area is 174 Å². The molecule has 5 nitrogen and oxygen atoms in total. The molecule has 1 fully saturated rings. The molecular weight excluding hydrogens is 376 g/mol. The maximum atomic E-state index is 12.9. The Morgan fingerprint density at radius 1 is 1.00 bits per heavy atom. The lowest BCUT2D eigenvalue weighted by molar-refractivity contribution is -0.122. The number of para-hydroxylation sites is 1. The van der Waals surface area contributed by atoms with Crippen LogP contribution >= 0.6 is 0 Å². The summed E-state index contributed by atoms with van der Waals surface area (Å²) in [7, 11) is 0. The van der Waals surface area contributed by atoms with Crippen molar-refractivity contribution in [3.05, 3.63) is 71.8 Å². The van der Waals surface area contributed by atoms with Gasteiger partial charge in [0.2, 0.25) is 11.8 Å². The Kier molecular flexibility index (Phi) is 4.31. The summed E-state index contributed by atoms with van der Waals surface area (Å²) >= 11 is 0. The second kappa shape index (κ2) is 7.02. The van der Waals surface area contributed by atoms with Gasteiger partial charge in [0.15, 0.2) is 0 Å². The van der Waals surface area contributed by atoms with Crippen LogP contribution < -0.4 is 10.2 Å². The molecule has 0 aliphatic carbocycles. The minimum absolute atomic E-state index is 0.0187. The number of fused-ring (bicyclic) bond motifs is 3. The zero-order chi connectivity index (χ0) is 20.8. The maximum absolute atomic E-state index is 12.9. The van der Waals surface area contributed by atoms with Crippen LogP contribution in [0.25, 0.3) is 21.9 Å². The van der Waals surface area contributed by atoms with E-state index in [-0.39, 0.29) is 24.2 Å². The predicted octanol–water partition coefficient (Wildman–Crippen LogP) is 5.19. The van der Waals surface area contributed by atoms with Gasteiger partial charge in [0, 0.05) is 41.2 Å². The lowest BCUT2D eigenvalue weighted by Crippen LogP contribution is -2.28. The third kappa shape index (κ3) is 3.12. The van der Waals surface area contributed by atoms with E-state index in [1.807, 2.05) is 68.4 Å². The van der Waals surface area contributed by atoms with E-state index in [0.717, 1.165) is 38.8 Å². The van der Waals surface area contributed by atoms with Crippen LogP contribution in [0.3, 0.4) is 0 Å². The van der Waals surface area contributed by atoms with Gasteiger partial charge in [-0.2, -0.15) is 0 Å². The summed E-state index contributed by atoms with van der Waals surface area (Å²) in [5.74, 6) is -0.550. The van der Waals surface area contributed by atoms with Crippen molar-refractivity contribution in [3.8, 4) is 0 Å². The number of amides is 2. The zero-order valence-corrected chi connectivity index (χ0v) is 16.9. The molecule has 0 saturated carbocycles. The van der Waals surface area contributed by atoms with Crippen molar-refractivity contribution in [2.24, 2.45) is 5.92 Å². The zero-order valence-electron chi connectivity index (χ0n) is 16.9. The number of aryl methyl sites for hydroxylation is 2. The number of rotatable bonds is 3. The van der Waals surface area contributed by atoms with Gasteiger partial charge < -0.3 is 14.6 Å². The van der Waals surface area contributed by atoms with Crippen LogP contribution in [0.5, 0.6) is 0 Å². The van der Waals surface area contributed by atoms with E-state index in [1.54, 1.807) is 4.90 Å². The second-order valence-electron chi connectivity index (χ2n) is 7.99. The lowest BCUT2D eigenvalue weighted by Gasteiger charge is -2.19. The molecule has 0 unspecified atom stereocenters. The second-order valence-corrected chi connectivity index (χ2v) is 7.99. The molecule has 5 rings (SSSR count). The molecule has 3 aromatic carbocycles. The highest BCUT2D eigenvalue weighted by Crippen LogP contribution is 2.32. The molecule has 1 aromatic heterocycles. The summed E-state index contributed by atoms with van der Waals surface area (Å²) in [5.41, 5.74) is 5.29. The Morgan fingerprint density at radius 2 is 1.80 bits per heavy atom. The molecule has 1 N–H and O–H groups in total. The SMILES string of the molecule is Cc1ccc(N2C[C@H](C(=O)Nc3ccc4c(c3)oc3ccccc34)CC2=O)c(C)c1. The average molecular weight is 398 g/mol. The largest absolute Gasteiger partial charge is 0.456 e. The number of furan rings is 1. The van der Waals surface area contributed by atoms with Gasteiger partial charge in [-0.15, -0.1) is 0 Å². The molecule has 4 aromatic rings. The highest BCUT2D eigenvalue weighted by Gasteiger charge is 2.35. The molecule has 0 radical (unpaired) electrons.